The lowest BCUT2D eigenvalue weighted by molar-refractivity contribution is 0.332. The van der Waals surface area contributed by atoms with Gasteiger partial charge in [-0.3, -0.25) is 0 Å². The molecule has 72 heavy (non-hydrogen) atoms. The topological polar surface area (TPSA) is 98.8 Å². The zero-order valence-electron chi connectivity index (χ0n) is 40.0. The number of nitriles is 2. The molecular formula is C64H44N4O4. The third-order valence-corrected chi connectivity index (χ3v) is 15.3. The number of furan rings is 2. The van der Waals surface area contributed by atoms with Gasteiger partial charge in [0.25, 0.3) is 0 Å². The lowest BCUT2D eigenvalue weighted by Crippen LogP contribution is -2.38. The molecule has 4 heterocycles. The number of hydrogen-bond donors (Lipinski definition) is 0. The Morgan fingerprint density at radius 1 is 0.389 bits per heavy atom. The highest BCUT2D eigenvalue weighted by Gasteiger charge is 2.47. The predicted octanol–water partition coefficient (Wildman–Crippen LogP) is 18.1. The number of para-hydroxylation sites is 2. The van der Waals surface area contributed by atoms with Gasteiger partial charge in [-0.2, -0.15) is 10.5 Å². The lowest BCUT2D eigenvalue weighted by Gasteiger charge is -2.47. The second-order valence-corrected chi connectivity index (χ2v) is 20.5. The van der Waals surface area contributed by atoms with Gasteiger partial charge in [0.15, 0.2) is 23.0 Å². The third-order valence-electron chi connectivity index (χ3n) is 15.3. The van der Waals surface area contributed by atoms with Gasteiger partial charge >= 0.3 is 0 Å². The van der Waals surface area contributed by atoms with E-state index in [1.807, 2.05) is 91.0 Å². The van der Waals surface area contributed by atoms with Crippen molar-refractivity contribution in [2.24, 2.45) is 0 Å². The van der Waals surface area contributed by atoms with Crippen molar-refractivity contribution in [3.8, 4) is 57.4 Å². The first-order valence-corrected chi connectivity index (χ1v) is 24.4. The van der Waals surface area contributed by atoms with Crippen molar-refractivity contribution in [2.75, 3.05) is 9.80 Å². The summed E-state index contributed by atoms with van der Waals surface area (Å²) in [7, 11) is 0. The molecule has 8 heteroatoms. The minimum atomic E-state index is -0.493. The van der Waals surface area contributed by atoms with Crippen molar-refractivity contribution < 1.29 is 18.3 Å². The maximum Gasteiger partial charge on any atom is 0.155 e. The lowest BCUT2D eigenvalue weighted by atomic mass is 9.60. The van der Waals surface area contributed by atoms with Crippen LogP contribution in [0.25, 0.3) is 66.1 Å². The summed E-state index contributed by atoms with van der Waals surface area (Å²) in [5.41, 5.74) is 12.7. The molecule has 0 radical (unpaired) electrons. The van der Waals surface area contributed by atoms with E-state index in [2.05, 4.69) is 128 Å². The summed E-state index contributed by atoms with van der Waals surface area (Å²) in [6.07, 6.45) is 1.65. The first-order valence-electron chi connectivity index (χ1n) is 24.4. The van der Waals surface area contributed by atoms with Crippen LogP contribution in [0, 0.1) is 22.7 Å². The summed E-state index contributed by atoms with van der Waals surface area (Å²) in [5.74, 6) is 2.33. The van der Waals surface area contributed by atoms with Gasteiger partial charge in [-0.1, -0.05) is 137 Å². The van der Waals surface area contributed by atoms with E-state index in [9.17, 15) is 10.5 Å². The number of rotatable bonds is 4. The van der Waals surface area contributed by atoms with Gasteiger partial charge in [0, 0.05) is 33.7 Å². The quantitative estimate of drug-likeness (QED) is 0.172. The Balaban J connectivity index is 1.13. The van der Waals surface area contributed by atoms with Crippen molar-refractivity contribution in [3.05, 3.63) is 192 Å². The molecule has 0 saturated heterocycles. The first-order chi connectivity index (χ1) is 35.1. The van der Waals surface area contributed by atoms with Gasteiger partial charge in [0.1, 0.15) is 40.0 Å². The van der Waals surface area contributed by atoms with E-state index in [0.29, 0.717) is 68.0 Å². The van der Waals surface area contributed by atoms with Crippen molar-refractivity contribution >= 4 is 78.0 Å². The Hall–Kier alpha value is -9.24. The summed E-state index contributed by atoms with van der Waals surface area (Å²) >= 11 is 0. The van der Waals surface area contributed by atoms with Crippen LogP contribution in [0.3, 0.4) is 0 Å². The van der Waals surface area contributed by atoms with Crippen LogP contribution >= 0.6 is 0 Å². The van der Waals surface area contributed by atoms with Crippen LogP contribution in [0.1, 0.15) is 62.8 Å². The molecule has 2 aromatic heterocycles. The molecule has 9 aromatic carbocycles. The van der Waals surface area contributed by atoms with Crippen molar-refractivity contribution in [1.82, 2.24) is 0 Å². The van der Waals surface area contributed by atoms with Crippen LogP contribution in [0.2, 0.25) is 0 Å². The molecule has 0 atom stereocenters. The highest BCUT2D eigenvalue weighted by Crippen LogP contribution is 2.63. The van der Waals surface area contributed by atoms with Gasteiger partial charge in [0.05, 0.1) is 39.7 Å². The third kappa shape index (κ3) is 6.03. The summed E-state index contributed by atoms with van der Waals surface area (Å²) in [6, 6.07) is 62.8. The minimum absolute atomic E-state index is 0.349. The number of hydrogen-bond acceptors (Lipinski definition) is 8. The molecule has 1 aliphatic carbocycles. The summed E-state index contributed by atoms with van der Waals surface area (Å²) in [5, 5.41) is 28.0. The van der Waals surface area contributed by atoms with Gasteiger partial charge in [0.2, 0.25) is 0 Å². The number of ether oxygens (including phenoxy) is 2. The number of fused-ring (bicyclic) bond motifs is 11. The molecule has 11 aromatic rings. The van der Waals surface area contributed by atoms with E-state index in [1.54, 1.807) is 0 Å². The molecule has 0 spiro atoms. The molecule has 0 N–H and O–H groups in total. The van der Waals surface area contributed by atoms with Crippen LogP contribution in [0.4, 0.5) is 34.1 Å². The Kier molecular flexibility index (Phi) is 8.76. The van der Waals surface area contributed by atoms with E-state index in [4.69, 9.17) is 18.3 Å². The van der Waals surface area contributed by atoms with E-state index in [-0.39, 0.29) is 0 Å². The molecule has 2 aliphatic heterocycles. The van der Waals surface area contributed by atoms with Crippen LogP contribution in [-0.2, 0) is 10.8 Å². The number of nitrogens with zero attached hydrogens (tertiary/aromatic N) is 4. The molecule has 0 amide bonds. The molecule has 344 valence electrons. The molecule has 0 unspecified atom stereocenters. The summed E-state index contributed by atoms with van der Waals surface area (Å²) in [4.78, 5) is 4.35. The zero-order chi connectivity index (χ0) is 48.6. The average molecular weight is 933 g/mol. The van der Waals surface area contributed by atoms with Crippen LogP contribution in [0.15, 0.2) is 179 Å². The minimum Gasteiger partial charge on any atom is -0.456 e. The van der Waals surface area contributed by atoms with Crippen LogP contribution in [-0.4, -0.2) is 0 Å². The molecule has 3 aliphatic rings. The highest BCUT2D eigenvalue weighted by molar-refractivity contribution is 6.11. The fourth-order valence-corrected chi connectivity index (χ4v) is 11.8. The van der Waals surface area contributed by atoms with Crippen molar-refractivity contribution in [1.29, 1.82) is 10.5 Å². The Morgan fingerprint density at radius 2 is 0.819 bits per heavy atom. The molecular weight excluding hydrogens is 889 g/mol. The van der Waals surface area contributed by atoms with E-state index < -0.39 is 10.8 Å². The van der Waals surface area contributed by atoms with E-state index in [1.165, 1.54) is 0 Å². The van der Waals surface area contributed by atoms with Gasteiger partial charge in [-0.15, -0.1) is 0 Å². The number of anilines is 6. The monoisotopic (exact) mass is 932 g/mol. The highest BCUT2D eigenvalue weighted by atomic mass is 16.5. The van der Waals surface area contributed by atoms with Gasteiger partial charge in [-0.25, -0.2) is 0 Å². The Morgan fingerprint density at radius 3 is 1.31 bits per heavy atom. The van der Waals surface area contributed by atoms with Crippen molar-refractivity contribution in [2.45, 2.75) is 51.4 Å². The van der Waals surface area contributed by atoms with Crippen LogP contribution in [0.5, 0.6) is 23.0 Å². The maximum atomic E-state index is 12.3. The molecule has 14 rings (SSSR count). The van der Waals surface area contributed by atoms with Crippen molar-refractivity contribution in [3.63, 3.8) is 0 Å². The smallest absolute Gasteiger partial charge is 0.155 e. The zero-order valence-corrected chi connectivity index (χ0v) is 40.0. The standard InChI is InChI=1S/C64H44N4O4/c1-63(2)27-28-64(3,4)60-59(63)45(35-65)61(67-47-25-23-39(37-15-7-5-8-16-37)29-55(47)71-57-33-53-43(31-49(57)67)41-19-11-13-21-51(41)69-53)46(36-66)62(60)68-48-26-24-40(38-17-9-6-10-18-38)30-56(48)72-58-34-54-44(32-50(58)68)42-20-12-14-22-52(42)70-54/h5-26,29-34H,27-28H2,1-4H3. The van der Waals surface area contributed by atoms with Gasteiger partial charge in [-0.05, 0) is 106 Å². The molecule has 0 bridgehead atoms. The second-order valence-electron chi connectivity index (χ2n) is 20.5. The fourth-order valence-electron chi connectivity index (χ4n) is 11.8. The van der Waals surface area contributed by atoms with Gasteiger partial charge < -0.3 is 28.1 Å². The molecule has 8 nitrogen and oxygen atoms in total. The normalized spacial score (nSPS) is 14.9. The fraction of sp³-hybridized carbons (Fsp3) is 0.125. The second kappa shape index (κ2) is 15.1. The molecule has 0 saturated carbocycles. The maximum absolute atomic E-state index is 12.3. The Labute approximate surface area is 415 Å². The molecule has 0 fully saturated rings. The van der Waals surface area contributed by atoms with E-state index >= 15 is 0 Å². The summed E-state index contributed by atoms with van der Waals surface area (Å²) in [6.45, 7) is 8.99. The van der Waals surface area contributed by atoms with E-state index in [0.717, 1.165) is 90.3 Å². The predicted molar refractivity (Wildman–Crippen MR) is 286 cm³/mol. The average Bonchev–Trinajstić information content (AvgIpc) is 3.96. The first kappa shape index (κ1) is 41.7. The SMILES string of the molecule is CC1(C)CCC(C)(C)c2c(N3c4ccc(-c5ccccc5)cc4Oc4cc5oc6ccccc6c5cc43)c(C#N)c(N3c4ccc(-c5ccccc5)cc4Oc4cc5oc6ccccc6c5cc43)c(C#N)c21. The largest absolute Gasteiger partial charge is 0.456 e. The Bertz CT molecular complexity index is 4210. The summed E-state index contributed by atoms with van der Waals surface area (Å²) < 4.78 is 27.0. The number of benzene rings is 9. The van der Waals surface area contributed by atoms with Crippen LogP contribution < -0.4 is 19.3 Å².